The van der Waals surface area contributed by atoms with Crippen molar-refractivity contribution in [3.05, 3.63) is 0 Å². The lowest BCUT2D eigenvalue weighted by Crippen LogP contribution is -2.41. The Morgan fingerprint density at radius 1 is 0.957 bits per heavy atom. The number of ether oxygens (including phenoxy) is 2. The van der Waals surface area contributed by atoms with Crippen LogP contribution in [0.4, 0.5) is 4.79 Å². The third kappa shape index (κ3) is 7.71. The Labute approximate surface area is 140 Å². The number of amides is 1. The summed E-state index contributed by atoms with van der Waals surface area (Å²) in [5.74, 6) is -0.279. The van der Waals surface area contributed by atoms with Gasteiger partial charge in [-0.15, -0.1) is 0 Å². The molecular formula is C18H33NO4. The van der Waals surface area contributed by atoms with E-state index in [1.54, 1.807) is 6.92 Å². The largest absolute Gasteiger partial charge is 0.464 e. The summed E-state index contributed by atoms with van der Waals surface area (Å²) < 4.78 is 10.3. The predicted molar refractivity (Wildman–Crippen MR) is 90.3 cm³/mol. The van der Waals surface area contributed by atoms with Crippen LogP contribution in [0.3, 0.4) is 0 Å². The lowest BCUT2D eigenvalue weighted by Gasteiger charge is -2.22. The minimum Gasteiger partial charge on any atom is -0.464 e. The summed E-state index contributed by atoms with van der Waals surface area (Å²) in [5, 5.41) is 0. The molecule has 1 fully saturated rings. The molecule has 0 radical (unpaired) electrons. The minimum absolute atomic E-state index is 0.279. The molecule has 1 aliphatic heterocycles. The Hall–Kier alpha value is -1.26. The quantitative estimate of drug-likeness (QED) is 0.419. The molecule has 134 valence electrons. The van der Waals surface area contributed by atoms with Crippen LogP contribution in [0, 0.1) is 0 Å². The number of carbonyl (C=O) groups excluding carboxylic acids is 2. The Morgan fingerprint density at radius 2 is 1.61 bits per heavy atom. The maximum absolute atomic E-state index is 12.1. The Bertz CT molecular complexity index is 346. The molecule has 5 nitrogen and oxygen atoms in total. The van der Waals surface area contributed by atoms with Crippen LogP contribution in [0.15, 0.2) is 0 Å². The van der Waals surface area contributed by atoms with Crippen molar-refractivity contribution in [1.29, 1.82) is 0 Å². The van der Waals surface area contributed by atoms with Crippen LogP contribution in [0.2, 0.25) is 0 Å². The number of hydrogen-bond acceptors (Lipinski definition) is 4. The Balaban J connectivity index is 2.10. The number of esters is 1. The standard InChI is InChI=1S/C18H33NO4/c1-3-5-6-7-8-9-10-11-15-23-17(20)16-13-12-14-19(16)18(21)22-4-2/h16H,3-15H2,1-2H3/t16-/m0/s1. The van der Waals surface area contributed by atoms with Gasteiger partial charge in [0.15, 0.2) is 0 Å². The topological polar surface area (TPSA) is 55.8 Å². The number of carbonyl (C=O) groups is 2. The highest BCUT2D eigenvalue weighted by Gasteiger charge is 2.35. The van der Waals surface area contributed by atoms with Gasteiger partial charge < -0.3 is 9.47 Å². The first-order valence-electron chi connectivity index (χ1n) is 9.30. The van der Waals surface area contributed by atoms with Crippen molar-refractivity contribution in [2.75, 3.05) is 19.8 Å². The van der Waals surface area contributed by atoms with Gasteiger partial charge in [0.2, 0.25) is 0 Å². The fourth-order valence-corrected chi connectivity index (χ4v) is 2.94. The van der Waals surface area contributed by atoms with Crippen molar-refractivity contribution in [1.82, 2.24) is 4.90 Å². The average molecular weight is 327 g/mol. The summed E-state index contributed by atoms with van der Waals surface area (Å²) in [7, 11) is 0. The second-order valence-corrected chi connectivity index (χ2v) is 6.19. The van der Waals surface area contributed by atoms with Crippen LogP contribution in [0.25, 0.3) is 0 Å². The highest BCUT2D eigenvalue weighted by molar-refractivity contribution is 5.82. The molecule has 1 amide bonds. The van der Waals surface area contributed by atoms with Crippen molar-refractivity contribution < 1.29 is 19.1 Å². The summed E-state index contributed by atoms with van der Waals surface area (Å²) >= 11 is 0. The van der Waals surface area contributed by atoms with Crippen LogP contribution >= 0.6 is 0 Å². The van der Waals surface area contributed by atoms with E-state index in [0.717, 1.165) is 19.3 Å². The first-order valence-corrected chi connectivity index (χ1v) is 9.30. The van der Waals surface area contributed by atoms with E-state index >= 15 is 0 Å². The molecule has 1 aliphatic rings. The van der Waals surface area contributed by atoms with Gasteiger partial charge in [-0.05, 0) is 26.2 Å². The number of unbranched alkanes of at least 4 members (excludes halogenated alkanes) is 7. The lowest BCUT2D eigenvalue weighted by atomic mass is 10.1. The van der Waals surface area contributed by atoms with Crippen LogP contribution in [-0.2, 0) is 14.3 Å². The molecule has 0 spiro atoms. The van der Waals surface area contributed by atoms with Crippen LogP contribution in [0.5, 0.6) is 0 Å². The van der Waals surface area contributed by atoms with Crippen molar-refractivity contribution >= 4 is 12.1 Å². The van der Waals surface area contributed by atoms with Crippen molar-refractivity contribution in [2.45, 2.75) is 84.1 Å². The Kier molecular flexibility index (Phi) is 10.5. The molecule has 0 bridgehead atoms. The van der Waals surface area contributed by atoms with Gasteiger partial charge in [0, 0.05) is 6.54 Å². The van der Waals surface area contributed by atoms with E-state index in [0.29, 0.717) is 26.2 Å². The maximum atomic E-state index is 12.1. The number of likely N-dealkylation sites (tertiary alicyclic amines) is 1. The second-order valence-electron chi connectivity index (χ2n) is 6.19. The zero-order chi connectivity index (χ0) is 16.9. The molecular weight excluding hydrogens is 294 g/mol. The van der Waals surface area contributed by atoms with Gasteiger partial charge in [0.05, 0.1) is 13.2 Å². The van der Waals surface area contributed by atoms with E-state index in [2.05, 4.69) is 6.92 Å². The highest BCUT2D eigenvalue weighted by Crippen LogP contribution is 2.19. The summed E-state index contributed by atoms with van der Waals surface area (Å²) in [4.78, 5) is 25.4. The molecule has 1 atom stereocenters. The van der Waals surface area contributed by atoms with E-state index in [1.165, 1.54) is 43.4 Å². The third-order valence-corrected chi connectivity index (χ3v) is 4.27. The molecule has 0 aromatic heterocycles. The molecule has 0 aliphatic carbocycles. The van der Waals surface area contributed by atoms with Gasteiger partial charge in [-0.3, -0.25) is 4.90 Å². The van der Waals surface area contributed by atoms with E-state index < -0.39 is 12.1 Å². The fourth-order valence-electron chi connectivity index (χ4n) is 2.94. The first-order chi connectivity index (χ1) is 11.2. The van der Waals surface area contributed by atoms with Crippen LogP contribution in [-0.4, -0.2) is 42.8 Å². The zero-order valence-electron chi connectivity index (χ0n) is 14.8. The number of hydrogen-bond donors (Lipinski definition) is 0. The smallest absolute Gasteiger partial charge is 0.410 e. The van der Waals surface area contributed by atoms with Crippen molar-refractivity contribution in [2.24, 2.45) is 0 Å². The molecule has 0 N–H and O–H groups in total. The summed E-state index contributed by atoms with van der Waals surface area (Å²) in [5.41, 5.74) is 0. The third-order valence-electron chi connectivity index (χ3n) is 4.27. The summed E-state index contributed by atoms with van der Waals surface area (Å²) in [6, 6.07) is -0.455. The molecule has 1 saturated heterocycles. The predicted octanol–water partition coefficient (Wildman–Crippen LogP) is 4.29. The zero-order valence-corrected chi connectivity index (χ0v) is 14.8. The Morgan fingerprint density at radius 3 is 2.26 bits per heavy atom. The van der Waals surface area contributed by atoms with Gasteiger partial charge >= 0.3 is 12.1 Å². The van der Waals surface area contributed by atoms with E-state index in [1.807, 2.05) is 0 Å². The fraction of sp³-hybridized carbons (Fsp3) is 0.889. The normalized spacial score (nSPS) is 17.3. The van der Waals surface area contributed by atoms with Crippen molar-refractivity contribution in [3.63, 3.8) is 0 Å². The molecule has 5 heteroatoms. The van der Waals surface area contributed by atoms with E-state index in [9.17, 15) is 9.59 Å². The van der Waals surface area contributed by atoms with Crippen molar-refractivity contribution in [3.8, 4) is 0 Å². The lowest BCUT2D eigenvalue weighted by molar-refractivity contribution is -0.148. The molecule has 0 unspecified atom stereocenters. The number of rotatable bonds is 11. The highest BCUT2D eigenvalue weighted by atomic mass is 16.6. The molecule has 23 heavy (non-hydrogen) atoms. The monoisotopic (exact) mass is 327 g/mol. The van der Waals surface area contributed by atoms with E-state index in [4.69, 9.17) is 9.47 Å². The van der Waals surface area contributed by atoms with Gasteiger partial charge in [-0.25, -0.2) is 9.59 Å². The van der Waals surface area contributed by atoms with Crippen LogP contribution in [0.1, 0.15) is 78.1 Å². The average Bonchev–Trinajstić information content (AvgIpc) is 3.03. The van der Waals surface area contributed by atoms with Gasteiger partial charge in [-0.1, -0.05) is 51.9 Å². The van der Waals surface area contributed by atoms with Gasteiger partial charge in [0.1, 0.15) is 6.04 Å². The molecule has 0 aromatic rings. The summed E-state index contributed by atoms with van der Waals surface area (Å²) in [6.07, 6.45) is 10.8. The van der Waals surface area contributed by atoms with Gasteiger partial charge in [0.25, 0.3) is 0 Å². The molecule has 1 rings (SSSR count). The van der Waals surface area contributed by atoms with Crippen LogP contribution < -0.4 is 0 Å². The molecule has 1 heterocycles. The summed E-state index contributed by atoms with van der Waals surface area (Å²) in [6.45, 7) is 5.36. The second kappa shape index (κ2) is 12.2. The first kappa shape index (κ1) is 19.8. The van der Waals surface area contributed by atoms with Gasteiger partial charge in [-0.2, -0.15) is 0 Å². The van der Waals surface area contributed by atoms with E-state index in [-0.39, 0.29) is 5.97 Å². The molecule has 0 saturated carbocycles. The molecule has 0 aromatic carbocycles. The SMILES string of the molecule is CCCCCCCCCCOC(=O)[C@@H]1CCCN1C(=O)OCC. The number of nitrogens with zero attached hydrogens (tertiary/aromatic N) is 1. The maximum Gasteiger partial charge on any atom is 0.410 e. The minimum atomic E-state index is -0.455.